The SMILES string of the molecule is Cc1ccc(Br)cc1Nc1nccc(N)n1. The number of nitrogens with one attached hydrogen (secondary N) is 1. The van der Waals surface area contributed by atoms with Gasteiger partial charge in [-0.05, 0) is 30.7 Å². The molecule has 0 saturated carbocycles. The molecule has 5 heteroatoms. The third-order valence-corrected chi connectivity index (χ3v) is 2.62. The van der Waals surface area contributed by atoms with E-state index in [4.69, 9.17) is 5.73 Å². The number of aromatic nitrogens is 2. The summed E-state index contributed by atoms with van der Waals surface area (Å²) < 4.78 is 1.00. The molecular weight excluding hydrogens is 268 g/mol. The second kappa shape index (κ2) is 4.49. The van der Waals surface area contributed by atoms with Crippen LogP contribution < -0.4 is 11.1 Å². The molecule has 16 heavy (non-hydrogen) atoms. The van der Waals surface area contributed by atoms with Crippen LogP contribution in [-0.4, -0.2) is 9.97 Å². The number of nitrogens with two attached hydrogens (primary N) is 1. The second-order valence-electron chi connectivity index (χ2n) is 3.39. The molecule has 0 aliphatic rings. The monoisotopic (exact) mass is 278 g/mol. The molecule has 0 fully saturated rings. The van der Waals surface area contributed by atoms with Crippen molar-refractivity contribution in [2.75, 3.05) is 11.1 Å². The quantitative estimate of drug-likeness (QED) is 0.887. The molecule has 4 nitrogen and oxygen atoms in total. The Balaban J connectivity index is 2.30. The normalized spacial score (nSPS) is 10.1. The van der Waals surface area contributed by atoms with E-state index in [0.29, 0.717) is 11.8 Å². The molecule has 0 radical (unpaired) electrons. The van der Waals surface area contributed by atoms with Gasteiger partial charge in [0.25, 0.3) is 0 Å². The molecule has 0 bridgehead atoms. The number of nitrogen functional groups attached to an aromatic ring is 1. The van der Waals surface area contributed by atoms with Crippen LogP contribution in [-0.2, 0) is 0 Å². The van der Waals surface area contributed by atoms with Crippen molar-refractivity contribution in [2.45, 2.75) is 6.92 Å². The zero-order valence-electron chi connectivity index (χ0n) is 8.74. The summed E-state index contributed by atoms with van der Waals surface area (Å²) >= 11 is 3.42. The molecule has 0 aliphatic heterocycles. The summed E-state index contributed by atoms with van der Waals surface area (Å²) in [5.74, 6) is 0.950. The summed E-state index contributed by atoms with van der Waals surface area (Å²) in [6.45, 7) is 2.01. The third kappa shape index (κ3) is 2.49. The zero-order chi connectivity index (χ0) is 11.5. The first-order valence-electron chi connectivity index (χ1n) is 4.77. The Hall–Kier alpha value is -1.62. The first-order valence-corrected chi connectivity index (χ1v) is 5.56. The summed E-state index contributed by atoms with van der Waals surface area (Å²) in [7, 11) is 0. The maximum Gasteiger partial charge on any atom is 0.229 e. The number of halogens is 1. The number of benzene rings is 1. The van der Waals surface area contributed by atoms with Gasteiger partial charge in [0.2, 0.25) is 5.95 Å². The van der Waals surface area contributed by atoms with Crippen LogP contribution >= 0.6 is 15.9 Å². The highest BCUT2D eigenvalue weighted by molar-refractivity contribution is 9.10. The van der Waals surface area contributed by atoms with Gasteiger partial charge in [-0.3, -0.25) is 0 Å². The molecule has 3 N–H and O–H groups in total. The number of anilines is 3. The summed E-state index contributed by atoms with van der Waals surface area (Å²) in [6.07, 6.45) is 1.62. The Bertz CT molecular complexity index is 513. The molecule has 0 aliphatic carbocycles. The smallest absolute Gasteiger partial charge is 0.229 e. The highest BCUT2D eigenvalue weighted by Gasteiger charge is 2.02. The average Bonchev–Trinajstić information content (AvgIpc) is 2.24. The maximum absolute atomic E-state index is 5.58. The largest absolute Gasteiger partial charge is 0.384 e. The Morgan fingerprint density at radius 2 is 2.12 bits per heavy atom. The van der Waals surface area contributed by atoms with Crippen LogP contribution in [0.4, 0.5) is 17.5 Å². The molecule has 1 aromatic heterocycles. The zero-order valence-corrected chi connectivity index (χ0v) is 10.3. The van der Waals surface area contributed by atoms with Crippen LogP contribution in [0.15, 0.2) is 34.9 Å². The van der Waals surface area contributed by atoms with E-state index in [1.165, 1.54) is 0 Å². The van der Waals surface area contributed by atoms with Crippen molar-refractivity contribution in [3.8, 4) is 0 Å². The predicted molar refractivity (Wildman–Crippen MR) is 68.6 cm³/mol. The lowest BCUT2D eigenvalue weighted by Gasteiger charge is -2.08. The molecule has 0 unspecified atom stereocenters. The molecular formula is C11H11BrN4. The Labute approximate surface area is 102 Å². The summed E-state index contributed by atoms with van der Waals surface area (Å²) in [5, 5.41) is 3.12. The molecule has 0 spiro atoms. The fourth-order valence-corrected chi connectivity index (χ4v) is 1.64. The van der Waals surface area contributed by atoms with E-state index in [1.807, 2.05) is 25.1 Å². The first-order chi connectivity index (χ1) is 7.65. The molecule has 82 valence electrons. The van der Waals surface area contributed by atoms with E-state index in [0.717, 1.165) is 15.7 Å². The van der Waals surface area contributed by atoms with E-state index in [9.17, 15) is 0 Å². The van der Waals surface area contributed by atoms with E-state index in [-0.39, 0.29) is 0 Å². The van der Waals surface area contributed by atoms with Gasteiger partial charge in [0.05, 0.1) is 0 Å². The minimum Gasteiger partial charge on any atom is -0.384 e. The lowest BCUT2D eigenvalue weighted by Crippen LogP contribution is -2.00. The van der Waals surface area contributed by atoms with Crippen LogP contribution in [0.5, 0.6) is 0 Å². The molecule has 1 heterocycles. The van der Waals surface area contributed by atoms with Gasteiger partial charge in [-0.15, -0.1) is 0 Å². The minimum atomic E-state index is 0.449. The molecule has 0 saturated heterocycles. The molecule has 0 atom stereocenters. The summed E-state index contributed by atoms with van der Waals surface area (Å²) in [6, 6.07) is 7.63. The van der Waals surface area contributed by atoms with Crippen molar-refractivity contribution < 1.29 is 0 Å². The van der Waals surface area contributed by atoms with E-state index < -0.39 is 0 Å². The lowest BCUT2D eigenvalue weighted by atomic mass is 10.2. The van der Waals surface area contributed by atoms with Gasteiger partial charge in [-0.25, -0.2) is 4.98 Å². The van der Waals surface area contributed by atoms with Gasteiger partial charge in [0, 0.05) is 16.4 Å². The van der Waals surface area contributed by atoms with Crippen molar-refractivity contribution in [3.63, 3.8) is 0 Å². The van der Waals surface area contributed by atoms with E-state index in [1.54, 1.807) is 12.3 Å². The number of hydrogen-bond acceptors (Lipinski definition) is 4. The molecule has 2 rings (SSSR count). The van der Waals surface area contributed by atoms with Crippen molar-refractivity contribution in [2.24, 2.45) is 0 Å². The lowest BCUT2D eigenvalue weighted by molar-refractivity contribution is 1.17. The standard InChI is InChI=1S/C11H11BrN4/c1-7-2-3-8(12)6-9(7)15-11-14-5-4-10(13)16-11/h2-6H,1H3,(H3,13,14,15,16). The van der Waals surface area contributed by atoms with Crippen molar-refractivity contribution in [3.05, 3.63) is 40.5 Å². The second-order valence-corrected chi connectivity index (χ2v) is 4.31. The van der Waals surface area contributed by atoms with Crippen molar-refractivity contribution in [1.82, 2.24) is 9.97 Å². The highest BCUT2D eigenvalue weighted by atomic mass is 79.9. The number of nitrogens with zero attached hydrogens (tertiary/aromatic N) is 2. The third-order valence-electron chi connectivity index (χ3n) is 2.12. The van der Waals surface area contributed by atoms with Crippen LogP contribution in [0.2, 0.25) is 0 Å². The number of rotatable bonds is 2. The number of aryl methyl sites for hydroxylation is 1. The minimum absolute atomic E-state index is 0.449. The van der Waals surface area contributed by atoms with Gasteiger partial charge in [0.15, 0.2) is 0 Å². The van der Waals surface area contributed by atoms with Gasteiger partial charge in [0.1, 0.15) is 5.82 Å². The Morgan fingerprint density at radius 1 is 1.31 bits per heavy atom. The van der Waals surface area contributed by atoms with Gasteiger partial charge < -0.3 is 11.1 Å². The maximum atomic E-state index is 5.58. The van der Waals surface area contributed by atoms with Gasteiger partial charge in [-0.2, -0.15) is 4.98 Å². The fraction of sp³-hybridized carbons (Fsp3) is 0.0909. The van der Waals surface area contributed by atoms with Gasteiger partial charge >= 0.3 is 0 Å². The summed E-state index contributed by atoms with van der Waals surface area (Å²) in [4.78, 5) is 8.17. The van der Waals surface area contributed by atoms with Crippen molar-refractivity contribution in [1.29, 1.82) is 0 Å². The van der Waals surface area contributed by atoms with E-state index in [2.05, 4.69) is 31.2 Å². The van der Waals surface area contributed by atoms with Crippen LogP contribution in [0.3, 0.4) is 0 Å². The molecule has 0 amide bonds. The topological polar surface area (TPSA) is 63.8 Å². The molecule has 1 aromatic carbocycles. The highest BCUT2D eigenvalue weighted by Crippen LogP contribution is 2.22. The van der Waals surface area contributed by atoms with Crippen LogP contribution in [0, 0.1) is 6.92 Å². The van der Waals surface area contributed by atoms with Crippen LogP contribution in [0.25, 0.3) is 0 Å². The first kappa shape index (κ1) is 10.9. The van der Waals surface area contributed by atoms with E-state index >= 15 is 0 Å². The Kier molecular flexibility index (Phi) is 3.05. The van der Waals surface area contributed by atoms with Gasteiger partial charge in [-0.1, -0.05) is 22.0 Å². The van der Waals surface area contributed by atoms with Crippen molar-refractivity contribution >= 4 is 33.4 Å². The summed E-state index contributed by atoms with van der Waals surface area (Å²) in [5.41, 5.74) is 7.66. The predicted octanol–water partition coefficient (Wildman–Crippen LogP) is 2.87. The molecule has 2 aromatic rings. The average molecular weight is 279 g/mol. The fourth-order valence-electron chi connectivity index (χ4n) is 1.28. The van der Waals surface area contributed by atoms with Crippen LogP contribution in [0.1, 0.15) is 5.56 Å². The number of hydrogen-bond donors (Lipinski definition) is 2. The Morgan fingerprint density at radius 3 is 2.88 bits per heavy atom.